The van der Waals surface area contributed by atoms with Crippen molar-refractivity contribution in [3.8, 4) is 11.4 Å². The number of ether oxygens (including phenoxy) is 1. The number of rotatable bonds is 4. The number of carbonyl (C=O) groups is 1. The normalized spacial score (nSPS) is 17.0. The number of fused-ring (bicyclic) bond motifs is 1. The van der Waals surface area contributed by atoms with E-state index in [1.807, 2.05) is 19.2 Å². The minimum Gasteiger partial charge on any atom is -0.379 e. The Hall–Kier alpha value is -2.44. The molecule has 4 rings (SSSR count). The van der Waals surface area contributed by atoms with Crippen molar-refractivity contribution in [2.75, 3.05) is 26.3 Å². The van der Waals surface area contributed by atoms with E-state index in [1.54, 1.807) is 6.20 Å². The third-order valence-corrected chi connectivity index (χ3v) is 5.12. The van der Waals surface area contributed by atoms with Crippen LogP contribution in [-0.4, -0.2) is 51.9 Å². The zero-order chi connectivity index (χ0) is 17.4. The Morgan fingerprint density at radius 2 is 2.12 bits per heavy atom. The molecule has 1 saturated heterocycles. The zero-order valence-corrected chi connectivity index (χ0v) is 14.5. The van der Waals surface area contributed by atoms with Gasteiger partial charge in [-0.1, -0.05) is 0 Å². The fraction of sp³-hybridized carbons (Fsp3) is 0.368. The summed E-state index contributed by atoms with van der Waals surface area (Å²) in [6, 6.07) is 4.22. The number of nitrogens with one attached hydrogen (secondary N) is 1. The Bertz CT molecular complexity index is 892. The minimum absolute atomic E-state index is 0.197. The SMILES string of the molecule is Cc1c(C=O)cc2cc(-c3ncc[nH]3)cn2c1C(C)N1CCOCC1. The van der Waals surface area contributed by atoms with Crippen LogP contribution < -0.4 is 0 Å². The second-order valence-electron chi connectivity index (χ2n) is 6.51. The maximum absolute atomic E-state index is 11.6. The van der Waals surface area contributed by atoms with E-state index in [1.165, 1.54) is 0 Å². The van der Waals surface area contributed by atoms with Crippen molar-refractivity contribution in [3.63, 3.8) is 0 Å². The first-order valence-corrected chi connectivity index (χ1v) is 8.61. The first kappa shape index (κ1) is 16.1. The predicted octanol–water partition coefficient (Wildman–Crippen LogP) is 2.84. The van der Waals surface area contributed by atoms with Crippen molar-refractivity contribution in [2.24, 2.45) is 0 Å². The summed E-state index contributed by atoms with van der Waals surface area (Å²) in [5.41, 5.74) is 4.95. The number of aldehydes is 1. The molecule has 0 aromatic carbocycles. The molecule has 130 valence electrons. The van der Waals surface area contributed by atoms with E-state index in [2.05, 4.69) is 38.5 Å². The lowest BCUT2D eigenvalue weighted by Gasteiger charge is -2.33. The van der Waals surface area contributed by atoms with E-state index < -0.39 is 0 Å². The highest BCUT2D eigenvalue weighted by atomic mass is 16.5. The number of carbonyl (C=O) groups excluding carboxylic acids is 1. The van der Waals surface area contributed by atoms with Gasteiger partial charge < -0.3 is 14.1 Å². The lowest BCUT2D eigenvalue weighted by molar-refractivity contribution is 0.0187. The van der Waals surface area contributed by atoms with Gasteiger partial charge in [-0.05, 0) is 31.5 Å². The molecular weight excluding hydrogens is 316 g/mol. The summed E-state index contributed by atoms with van der Waals surface area (Å²) < 4.78 is 7.68. The first-order chi connectivity index (χ1) is 12.2. The van der Waals surface area contributed by atoms with Crippen LogP contribution in [0.1, 0.15) is 34.6 Å². The molecule has 0 bridgehead atoms. The fourth-order valence-electron chi connectivity index (χ4n) is 3.72. The summed E-state index contributed by atoms with van der Waals surface area (Å²) in [5, 5.41) is 0. The molecule has 0 amide bonds. The van der Waals surface area contributed by atoms with Crippen molar-refractivity contribution < 1.29 is 9.53 Å². The molecule has 1 unspecified atom stereocenters. The lowest BCUT2D eigenvalue weighted by Crippen LogP contribution is -2.38. The van der Waals surface area contributed by atoms with Crippen LogP contribution in [0, 0.1) is 6.92 Å². The van der Waals surface area contributed by atoms with Crippen LogP contribution in [0.15, 0.2) is 30.7 Å². The number of pyridine rings is 1. The summed E-state index contributed by atoms with van der Waals surface area (Å²) in [5.74, 6) is 0.832. The second-order valence-corrected chi connectivity index (χ2v) is 6.51. The molecule has 4 heterocycles. The van der Waals surface area contributed by atoms with Gasteiger partial charge in [0.1, 0.15) is 12.1 Å². The van der Waals surface area contributed by atoms with Crippen LogP contribution in [0.3, 0.4) is 0 Å². The Morgan fingerprint density at radius 1 is 1.32 bits per heavy atom. The quantitative estimate of drug-likeness (QED) is 0.743. The zero-order valence-electron chi connectivity index (χ0n) is 14.5. The average Bonchev–Trinajstić information content (AvgIpc) is 3.30. The monoisotopic (exact) mass is 338 g/mol. The molecular formula is C19H22N4O2. The summed E-state index contributed by atoms with van der Waals surface area (Å²) in [6.45, 7) is 7.54. The number of morpholine rings is 1. The highest BCUT2D eigenvalue weighted by Gasteiger charge is 2.24. The maximum Gasteiger partial charge on any atom is 0.150 e. The number of aromatic amines is 1. The van der Waals surface area contributed by atoms with Crippen molar-refractivity contribution in [1.29, 1.82) is 0 Å². The highest BCUT2D eigenvalue weighted by Crippen LogP contribution is 2.30. The average molecular weight is 338 g/mol. The fourth-order valence-corrected chi connectivity index (χ4v) is 3.72. The number of hydrogen-bond acceptors (Lipinski definition) is 4. The van der Waals surface area contributed by atoms with Crippen molar-refractivity contribution in [3.05, 3.63) is 47.5 Å². The molecule has 6 heteroatoms. The minimum atomic E-state index is 0.197. The smallest absolute Gasteiger partial charge is 0.150 e. The Kier molecular flexibility index (Phi) is 4.15. The summed E-state index contributed by atoms with van der Waals surface area (Å²) in [7, 11) is 0. The van der Waals surface area contributed by atoms with E-state index in [0.29, 0.717) is 0 Å². The molecule has 3 aromatic heterocycles. The maximum atomic E-state index is 11.6. The van der Waals surface area contributed by atoms with E-state index in [-0.39, 0.29) is 6.04 Å². The summed E-state index contributed by atoms with van der Waals surface area (Å²) in [4.78, 5) is 21.5. The Labute approximate surface area is 146 Å². The van der Waals surface area contributed by atoms with Gasteiger partial charge in [-0.3, -0.25) is 9.69 Å². The van der Waals surface area contributed by atoms with Gasteiger partial charge in [-0.25, -0.2) is 4.98 Å². The molecule has 3 aromatic rings. The molecule has 25 heavy (non-hydrogen) atoms. The van der Waals surface area contributed by atoms with Crippen LogP contribution in [0.25, 0.3) is 16.9 Å². The van der Waals surface area contributed by atoms with Crippen molar-refractivity contribution >= 4 is 11.8 Å². The number of H-pyrrole nitrogens is 1. The number of nitrogens with zero attached hydrogens (tertiary/aromatic N) is 3. The van der Waals surface area contributed by atoms with E-state index >= 15 is 0 Å². The van der Waals surface area contributed by atoms with E-state index in [4.69, 9.17) is 4.74 Å². The molecule has 0 aliphatic carbocycles. The second kappa shape index (κ2) is 6.46. The predicted molar refractivity (Wildman–Crippen MR) is 95.9 cm³/mol. The third kappa shape index (κ3) is 2.77. The molecule has 1 aliphatic heterocycles. The van der Waals surface area contributed by atoms with Gasteiger partial charge in [0, 0.05) is 60.1 Å². The topological polar surface area (TPSA) is 62.6 Å². The van der Waals surface area contributed by atoms with Gasteiger partial charge in [0.2, 0.25) is 0 Å². The summed E-state index contributed by atoms with van der Waals surface area (Å²) >= 11 is 0. The molecule has 6 nitrogen and oxygen atoms in total. The van der Waals surface area contributed by atoms with E-state index in [9.17, 15) is 4.79 Å². The van der Waals surface area contributed by atoms with Gasteiger partial charge in [0.15, 0.2) is 0 Å². The van der Waals surface area contributed by atoms with Crippen molar-refractivity contribution in [2.45, 2.75) is 19.9 Å². The van der Waals surface area contributed by atoms with Crippen LogP contribution in [0.5, 0.6) is 0 Å². The van der Waals surface area contributed by atoms with Gasteiger partial charge in [-0.2, -0.15) is 0 Å². The molecule has 0 spiro atoms. The van der Waals surface area contributed by atoms with Crippen LogP contribution in [-0.2, 0) is 4.74 Å². The summed E-state index contributed by atoms with van der Waals surface area (Å²) in [6.07, 6.45) is 6.61. The Balaban J connectivity index is 1.87. The lowest BCUT2D eigenvalue weighted by atomic mass is 10.0. The van der Waals surface area contributed by atoms with Gasteiger partial charge in [0.25, 0.3) is 0 Å². The molecule has 0 saturated carbocycles. The highest BCUT2D eigenvalue weighted by molar-refractivity contribution is 5.82. The Morgan fingerprint density at radius 3 is 2.80 bits per heavy atom. The van der Waals surface area contributed by atoms with Crippen LogP contribution in [0.4, 0.5) is 0 Å². The largest absolute Gasteiger partial charge is 0.379 e. The number of imidazole rings is 1. The molecule has 1 N–H and O–H groups in total. The molecule has 1 aliphatic rings. The first-order valence-electron chi connectivity index (χ1n) is 8.61. The van der Waals surface area contributed by atoms with Crippen LogP contribution >= 0.6 is 0 Å². The molecule has 1 atom stereocenters. The van der Waals surface area contributed by atoms with E-state index in [0.717, 1.165) is 66.3 Å². The third-order valence-electron chi connectivity index (χ3n) is 5.12. The molecule has 1 fully saturated rings. The van der Waals surface area contributed by atoms with Gasteiger partial charge >= 0.3 is 0 Å². The standard InChI is InChI=1S/C19H22N4O2/c1-13-16(12-24)10-17-9-15(19-20-3-4-21-19)11-23(17)18(13)14(2)22-5-7-25-8-6-22/h3-4,9-12,14H,5-8H2,1-2H3,(H,20,21). The van der Waals surface area contributed by atoms with Crippen LogP contribution in [0.2, 0.25) is 0 Å². The van der Waals surface area contributed by atoms with Gasteiger partial charge in [0.05, 0.1) is 13.2 Å². The molecule has 0 radical (unpaired) electrons. The van der Waals surface area contributed by atoms with Gasteiger partial charge in [-0.15, -0.1) is 0 Å². The number of hydrogen-bond donors (Lipinski definition) is 1. The van der Waals surface area contributed by atoms with Crippen molar-refractivity contribution in [1.82, 2.24) is 19.3 Å². The number of aromatic nitrogens is 3.